The number of ether oxygens (including phenoxy) is 2. The van der Waals surface area contributed by atoms with E-state index in [2.05, 4.69) is 12.2 Å². The van der Waals surface area contributed by atoms with E-state index in [0.29, 0.717) is 6.61 Å². The zero-order valence-electron chi connectivity index (χ0n) is 14.8. The Balaban J connectivity index is 2.64. The van der Waals surface area contributed by atoms with Gasteiger partial charge in [-0.05, 0) is 58.8 Å². The lowest BCUT2D eigenvalue weighted by atomic mass is 9.72. The summed E-state index contributed by atoms with van der Waals surface area (Å²) in [5.74, 6) is -0.287. The summed E-state index contributed by atoms with van der Waals surface area (Å²) < 4.78 is 10.5. The van der Waals surface area contributed by atoms with Crippen molar-refractivity contribution in [3.63, 3.8) is 0 Å². The van der Waals surface area contributed by atoms with Crippen molar-refractivity contribution in [3.05, 3.63) is 0 Å². The zero-order chi connectivity index (χ0) is 17.0. The number of hydrogen-bond acceptors (Lipinski definition) is 4. The molecule has 0 aromatic carbocycles. The normalized spacial score (nSPS) is 26.4. The van der Waals surface area contributed by atoms with Gasteiger partial charge in [0.15, 0.2) is 0 Å². The van der Waals surface area contributed by atoms with Crippen molar-refractivity contribution in [3.8, 4) is 0 Å². The molecule has 1 rings (SSSR count). The highest BCUT2D eigenvalue weighted by atomic mass is 16.6. The monoisotopic (exact) mass is 313 g/mol. The molecule has 0 bridgehead atoms. The molecule has 1 fully saturated rings. The van der Waals surface area contributed by atoms with E-state index < -0.39 is 5.60 Å². The second kappa shape index (κ2) is 7.34. The number of carbonyl (C=O) groups excluding carboxylic acids is 2. The van der Waals surface area contributed by atoms with Crippen molar-refractivity contribution < 1.29 is 19.1 Å². The molecule has 0 heterocycles. The van der Waals surface area contributed by atoms with Crippen LogP contribution in [-0.4, -0.2) is 30.3 Å². The summed E-state index contributed by atoms with van der Waals surface area (Å²) in [7, 11) is 0. The van der Waals surface area contributed by atoms with Gasteiger partial charge >= 0.3 is 12.1 Å². The molecule has 0 radical (unpaired) electrons. The van der Waals surface area contributed by atoms with Crippen LogP contribution in [-0.2, 0) is 14.3 Å². The van der Waals surface area contributed by atoms with Crippen LogP contribution in [0.3, 0.4) is 0 Å². The third kappa shape index (κ3) is 4.89. The molecule has 128 valence electrons. The lowest BCUT2D eigenvalue weighted by Gasteiger charge is -2.33. The molecular weight excluding hydrogens is 282 g/mol. The molecule has 0 aromatic rings. The average molecular weight is 313 g/mol. The molecule has 1 amide bonds. The highest BCUT2D eigenvalue weighted by Gasteiger charge is 2.45. The fraction of sp³-hybridized carbons (Fsp3) is 0.882. The Morgan fingerprint density at radius 3 is 2.45 bits per heavy atom. The van der Waals surface area contributed by atoms with Crippen molar-refractivity contribution in [1.29, 1.82) is 0 Å². The van der Waals surface area contributed by atoms with Gasteiger partial charge in [0.05, 0.1) is 12.5 Å². The van der Waals surface area contributed by atoms with Crippen LogP contribution < -0.4 is 5.32 Å². The van der Waals surface area contributed by atoms with Gasteiger partial charge in [0.25, 0.3) is 0 Å². The number of nitrogens with one attached hydrogen (secondary N) is 1. The predicted molar refractivity (Wildman–Crippen MR) is 85.5 cm³/mol. The minimum absolute atomic E-state index is 0.0617. The standard InChI is InChI=1S/C17H31NO4/c1-7-17(12(3)14(19)21-8-2)10-9-13(11-17)18-15(20)22-16(4,5)6/h12-13H,7-11H2,1-6H3,(H,18,20)/t12-,13+,17+/m1/s1. The molecule has 22 heavy (non-hydrogen) atoms. The van der Waals surface area contributed by atoms with Gasteiger partial charge in [-0.25, -0.2) is 4.79 Å². The Bertz CT molecular complexity index is 402. The van der Waals surface area contributed by atoms with Crippen LogP contribution >= 0.6 is 0 Å². The van der Waals surface area contributed by atoms with Gasteiger partial charge in [-0.2, -0.15) is 0 Å². The van der Waals surface area contributed by atoms with Gasteiger partial charge in [0.2, 0.25) is 0 Å². The minimum atomic E-state index is -0.497. The summed E-state index contributed by atoms with van der Waals surface area (Å²) in [5, 5.41) is 2.94. The van der Waals surface area contributed by atoms with Crippen LogP contribution in [0, 0.1) is 11.3 Å². The van der Waals surface area contributed by atoms with Gasteiger partial charge in [0, 0.05) is 6.04 Å². The third-order valence-corrected chi connectivity index (χ3v) is 4.63. The first-order valence-corrected chi connectivity index (χ1v) is 8.29. The van der Waals surface area contributed by atoms with Crippen LogP contribution in [0.4, 0.5) is 4.79 Å². The SMILES string of the molecule is CCOC(=O)[C@@H](C)[C@@]1(CC)CC[C@H](NC(=O)OC(C)(C)C)C1. The first-order chi connectivity index (χ1) is 10.1. The molecule has 0 aromatic heterocycles. The van der Waals surface area contributed by atoms with Gasteiger partial charge in [-0.3, -0.25) is 4.79 Å². The van der Waals surface area contributed by atoms with E-state index >= 15 is 0 Å². The van der Waals surface area contributed by atoms with E-state index in [9.17, 15) is 9.59 Å². The van der Waals surface area contributed by atoms with Gasteiger partial charge in [-0.15, -0.1) is 0 Å². The lowest BCUT2D eigenvalue weighted by molar-refractivity contribution is -0.152. The molecule has 1 aliphatic carbocycles. The first-order valence-electron chi connectivity index (χ1n) is 8.29. The van der Waals surface area contributed by atoms with Gasteiger partial charge < -0.3 is 14.8 Å². The fourth-order valence-corrected chi connectivity index (χ4v) is 3.29. The van der Waals surface area contributed by atoms with Crippen molar-refractivity contribution in [1.82, 2.24) is 5.32 Å². The maximum atomic E-state index is 12.1. The van der Waals surface area contributed by atoms with Crippen LogP contribution in [0.5, 0.6) is 0 Å². The van der Waals surface area contributed by atoms with Gasteiger partial charge in [-0.1, -0.05) is 13.8 Å². The smallest absolute Gasteiger partial charge is 0.407 e. The molecule has 1 saturated carbocycles. The molecule has 0 spiro atoms. The lowest BCUT2D eigenvalue weighted by Crippen LogP contribution is -2.40. The largest absolute Gasteiger partial charge is 0.466 e. The van der Waals surface area contributed by atoms with Crippen molar-refractivity contribution in [2.24, 2.45) is 11.3 Å². The summed E-state index contributed by atoms with van der Waals surface area (Å²) in [6.07, 6.45) is 3.11. The van der Waals surface area contributed by atoms with Crippen molar-refractivity contribution in [2.75, 3.05) is 6.61 Å². The summed E-state index contributed by atoms with van der Waals surface area (Å²) >= 11 is 0. The Labute approximate surface area is 134 Å². The maximum absolute atomic E-state index is 12.1. The quantitative estimate of drug-likeness (QED) is 0.787. The third-order valence-electron chi connectivity index (χ3n) is 4.63. The number of rotatable bonds is 5. The molecular formula is C17H31NO4. The molecule has 0 saturated heterocycles. The number of esters is 1. The van der Waals surface area contributed by atoms with E-state index in [1.54, 1.807) is 0 Å². The zero-order valence-corrected chi connectivity index (χ0v) is 14.8. The Kier molecular flexibility index (Phi) is 6.27. The number of hydrogen-bond donors (Lipinski definition) is 1. The topological polar surface area (TPSA) is 64.6 Å². The first kappa shape index (κ1) is 18.8. The summed E-state index contributed by atoms with van der Waals surface area (Å²) in [6, 6.07) is 0.0617. The minimum Gasteiger partial charge on any atom is -0.466 e. The maximum Gasteiger partial charge on any atom is 0.407 e. The van der Waals surface area contributed by atoms with Gasteiger partial charge in [0.1, 0.15) is 5.60 Å². The molecule has 3 atom stereocenters. The van der Waals surface area contributed by atoms with E-state index in [1.165, 1.54) is 0 Å². The van der Waals surface area contributed by atoms with E-state index in [-0.39, 0.29) is 29.4 Å². The summed E-state index contributed by atoms with van der Waals surface area (Å²) in [5.41, 5.74) is -0.589. The second-order valence-corrected chi connectivity index (χ2v) is 7.28. The predicted octanol–water partition coefficient (Wildman–Crippen LogP) is 3.66. The number of amides is 1. The highest BCUT2D eigenvalue weighted by molar-refractivity contribution is 5.73. The number of carbonyl (C=O) groups is 2. The van der Waals surface area contributed by atoms with E-state index in [4.69, 9.17) is 9.47 Å². The van der Waals surface area contributed by atoms with Crippen molar-refractivity contribution in [2.45, 2.75) is 78.9 Å². The van der Waals surface area contributed by atoms with Crippen LogP contribution in [0.15, 0.2) is 0 Å². The van der Waals surface area contributed by atoms with Crippen LogP contribution in [0.25, 0.3) is 0 Å². The van der Waals surface area contributed by atoms with Crippen molar-refractivity contribution >= 4 is 12.1 Å². The Morgan fingerprint density at radius 1 is 1.32 bits per heavy atom. The average Bonchev–Trinajstić information content (AvgIpc) is 2.80. The van der Waals surface area contributed by atoms with E-state index in [0.717, 1.165) is 25.7 Å². The van der Waals surface area contributed by atoms with E-state index in [1.807, 2.05) is 34.6 Å². The number of alkyl carbamates (subject to hydrolysis) is 1. The Hall–Kier alpha value is -1.26. The van der Waals surface area contributed by atoms with Crippen LogP contribution in [0.2, 0.25) is 0 Å². The molecule has 5 nitrogen and oxygen atoms in total. The molecule has 5 heteroatoms. The molecule has 1 N–H and O–H groups in total. The summed E-state index contributed by atoms with van der Waals surface area (Å²) in [6.45, 7) is 11.8. The summed E-state index contributed by atoms with van der Waals surface area (Å²) in [4.78, 5) is 24.0. The Morgan fingerprint density at radius 2 is 1.95 bits per heavy atom. The van der Waals surface area contributed by atoms with Crippen LogP contribution in [0.1, 0.15) is 67.2 Å². The fourth-order valence-electron chi connectivity index (χ4n) is 3.29. The molecule has 1 aliphatic rings. The highest BCUT2D eigenvalue weighted by Crippen LogP contribution is 2.47. The molecule has 0 unspecified atom stereocenters. The second-order valence-electron chi connectivity index (χ2n) is 7.28. The molecule has 0 aliphatic heterocycles.